The maximum atomic E-state index is 12.2. The molecule has 1 heterocycles. The number of nitrogen functional groups attached to an aromatic ring is 1. The molecule has 2 rings (SSSR count). The summed E-state index contributed by atoms with van der Waals surface area (Å²) in [7, 11) is -4.05. The van der Waals surface area contributed by atoms with E-state index in [9.17, 15) is 23.7 Å². The minimum Gasteiger partial charge on any atom is -0.399 e. The second-order valence-corrected chi connectivity index (χ2v) is 6.65. The van der Waals surface area contributed by atoms with E-state index in [0.29, 0.717) is 5.69 Å². The van der Waals surface area contributed by atoms with E-state index >= 15 is 0 Å². The average molecular weight is 334 g/mol. The van der Waals surface area contributed by atoms with E-state index in [4.69, 9.17) is 15.6 Å². The van der Waals surface area contributed by atoms with Crippen molar-refractivity contribution < 1.29 is 33.6 Å². The van der Waals surface area contributed by atoms with Crippen LogP contribution in [0.5, 0.6) is 0 Å². The lowest BCUT2D eigenvalue weighted by atomic mass is 9.99. The second kappa shape index (κ2) is 6.46. The summed E-state index contributed by atoms with van der Waals surface area (Å²) < 4.78 is 31.5. The molecule has 1 aliphatic heterocycles. The number of sulfonamides is 1. The molecule has 22 heavy (non-hydrogen) atoms. The summed E-state index contributed by atoms with van der Waals surface area (Å²) in [4.78, 5) is -0.112. The van der Waals surface area contributed by atoms with Crippen LogP contribution in [-0.2, 0) is 14.8 Å². The maximum Gasteiger partial charge on any atom is 0.242 e. The molecule has 124 valence electrons. The van der Waals surface area contributed by atoms with Crippen LogP contribution in [0.1, 0.15) is 0 Å². The summed E-state index contributed by atoms with van der Waals surface area (Å²) in [5.41, 5.74) is 5.86. The van der Waals surface area contributed by atoms with E-state index in [1.165, 1.54) is 24.3 Å². The molecule has 7 N–H and O–H groups in total. The molecule has 1 aromatic carbocycles. The van der Waals surface area contributed by atoms with Crippen LogP contribution in [0, 0.1) is 0 Å². The van der Waals surface area contributed by atoms with Crippen molar-refractivity contribution in [1.82, 2.24) is 4.72 Å². The number of hydrogen-bond donors (Lipinski definition) is 6. The number of aliphatic hydroxyl groups excluding tert-OH is 4. The van der Waals surface area contributed by atoms with Gasteiger partial charge in [0.15, 0.2) is 6.23 Å². The SMILES string of the molecule is Nc1ccc(S(=O)(=O)N[C@H]2O[C@H](CO)[C@@H](O)[C@H](O)[C@H]2O)cc1. The van der Waals surface area contributed by atoms with Crippen molar-refractivity contribution in [3.8, 4) is 0 Å². The van der Waals surface area contributed by atoms with Gasteiger partial charge in [-0.15, -0.1) is 0 Å². The van der Waals surface area contributed by atoms with Gasteiger partial charge in [-0.1, -0.05) is 0 Å². The molecular formula is C12H18N2O7S. The van der Waals surface area contributed by atoms with Gasteiger partial charge < -0.3 is 30.9 Å². The number of nitrogens with two attached hydrogens (primary N) is 1. The Morgan fingerprint density at radius 1 is 1.09 bits per heavy atom. The van der Waals surface area contributed by atoms with E-state index in [1.54, 1.807) is 0 Å². The first-order chi connectivity index (χ1) is 10.3. The molecule has 1 aliphatic rings. The Balaban J connectivity index is 2.19. The van der Waals surface area contributed by atoms with E-state index in [0.717, 1.165) is 0 Å². The number of benzene rings is 1. The molecule has 1 saturated heterocycles. The Bertz CT molecular complexity index is 604. The van der Waals surface area contributed by atoms with Crippen molar-refractivity contribution in [1.29, 1.82) is 0 Å². The standard InChI is InChI=1S/C12H18N2O7S/c13-6-1-3-7(4-2-6)22(19,20)14-12-11(18)10(17)9(16)8(5-15)21-12/h1-4,8-12,14-18H,5,13H2/t8-,9-,10+,11-,12+/m1/s1. The molecule has 5 atom stereocenters. The zero-order chi connectivity index (χ0) is 16.5. The minimum atomic E-state index is -4.05. The molecule has 1 aromatic rings. The largest absolute Gasteiger partial charge is 0.399 e. The molecule has 0 radical (unpaired) electrons. The zero-order valence-electron chi connectivity index (χ0n) is 11.4. The van der Waals surface area contributed by atoms with Crippen LogP contribution in [0.3, 0.4) is 0 Å². The molecule has 0 spiro atoms. The first-order valence-electron chi connectivity index (χ1n) is 6.44. The van der Waals surface area contributed by atoms with E-state index in [2.05, 4.69) is 4.72 Å². The third-order valence-corrected chi connectivity index (χ3v) is 4.79. The lowest BCUT2D eigenvalue weighted by molar-refractivity contribution is -0.231. The number of rotatable bonds is 4. The van der Waals surface area contributed by atoms with Crippen molar-refractivity contribution in [2.75, 3.05) is 12.3 Å². The zero-order valence-corrected chi connectivity index (χ0v) is 12.2. The van der Waals surface area contributed by atoms with Gasteiger partial charge >= 0.3 is 0 Å². The van der Waals surface area contributed by atoms with Gasteiger partial charge in [0.2, 0.25) is 10.0 Å². The predicted octanol–water partition coefficient (Wildman–Crippen LogP) is -2.65. The van der Waals surface area contributed by atoms with Gasteiger partial charge in [-0.3, -0.25) is 0 Å². The minimum absolute atomic E-state index is 0.112. The van der Waals surface area contributed by atoms with Crippen molar-refractivity contribution in [2.45, 2.75) is 35.5 Å². The number of anilines is 1. The summed E-state index contributed by atoms with van der Waals surface area (Å²) in [6.07, 6.45) is -7.63. The molecular weight excluding hydrogens is 316 g/mol. The summed E-state index contributed by atoms with van der Waals surface area (Å²) in [6.45, 7) is -0.648. The van der Waals surface area contributed by atoms with Crippen molar-refractivity contribution >= 4 is 15.7 Å². The lowest BCUT2D eigenvalue weighted by Gasteiger charge is -2.39. The molecule has 0 amide bonds. The van der Waals surface area contributed by atoms with Gasteiger partial charge in [-0.25, -0.2) is 8.42 Å². The van der Waals surface area contributed by atoms with Crippen LogP contribution in [0.2, 0.25) is 0 Å². The van der Waals surface area contributed by atoms with Gasteiger partial charge in [0.1, 0.15) is 24.4 Å². The van der Waals surface area contributed by atoms with E-state index < -0.39 is 47.3 Å². The monoisotopic (exact) mass is 334 g/mol. The fraction of sp³-hybridized carbons (Fsp3) is 0.500. The molecule has 0 bridgehead atoms. The fourth-order valence-corrected chi connectivity index (χ4v) is 3.20. The predicted molar refractivity (Wildman–Crippen MR) is 74.9 cm³/mol. The van der Waals surface area contributed by atoms with Crippen molar-refractivity contribution in [3.63, 3.8) is 0 Å². The van der Waals surface area contributed by atoms with Gasteiger partial charge in [0, 0.05) is 5.69 Å². The Labute approximate surface area is 127 Å². The van der Waals surface area contributed by atoms with Crippen LogP contribution < -0.4 is 10.5 Å². The lowest BCUT2D eigenvalue weighted by Crippen LogP contribution is -2.63. The quantitative estimate of drug-likeness (QED) is 0.325. The number of aliphatic hydroxyl groups is 4. The van der Waals surface area contributed by atoms with Crippen LogP contribution in [0.25, 0.3) is 0 Å². The number of hydrogen-bond acceptors (Lipinski definition) is 8. The molecule has 0 aliphatic carbocycles. The van der Waals surface area contributed by atoms with Crippen LogP contribution in [-0.4, -0.2) is 66.1 Å². The van der Waals surface area contributed by atoms with Gasteiger partial charge in [-0.2, -0.15) is 4.72 Å². The first-order valence-corrected chi connectivity index (χ1v) is 7.93. The fourth-order valence-electron chi connectivity index (χ4n) is 2.07. The highest BCUT2D eigenvalue weighted by atomic mass is 32.2. The Morgan fingerprint density at radius 2 is 1.68 bits per heavy atom. The molecule has 0 aromatic heterocycles. The number of ether oxygens (including phenoxy) is 1. The average Bonchev–Trinajstić information content (AvgIpc) is 2.48. The Morgan fingerprint density at radius 3 is 2.23 bits per heavy atom. The molecule has 0 unspecified atom stereocenters. The van der Waals surface area contributed by atoms with E-state index in [-0.39, 0.29) is 4.90 Å². The van der Waals surface area contributed by atoms with Gasteiger partial charge in [0.05, 0.1) is 11.5 Å². The smallest absolute Gasteiger partial charge is 0.242 e. The highest BCUT2D eigenvalue weighted by Crippen LogP contribution is 2.21. The van der Waals surface area contributed by atoms with Crippen LogP contribution >= 0.6 is 0 Å². The topological polar surface area (TPSA) is 162 Å². The van der Waals surface area contributed by atoms with E-state index in [1.807, 2.05) is 0 Å². The Hall–Kier alpha value is -1.27. The van der Waals surface area contributed by atoms with Gasteiger partial charge in [-0.05, 0) is 24.3 Å². The highest BCUT2D eigenvalue weighted by Gasteiger charge is 2.44. The normalized spacial score (nSPS) is 32.8. The summed E-state index contributed by atoms with van der Waals surface area (Å²) in [5.74, 6) is 0. The summed E-state index contributed by atoms with van der Waals surface area (Å²) in [6, 6.07) is 5.31. The van der Waals surface area contributed by atoms with Crippen molar-refractivity contribution in [3.05, 3.63) is 24.3 Å². The third kappa shape index (κ3) is 3.38. The second-order valence-electron chi connectivity index (χ2n) is 4.94. The van der Waals surface area contributed by atoms with Crippen LogP contribution in [0.15, 0.2) is 29.2 Å². The summed E-state index contributed by atoms with van der Waals surface area (Å²) >= 11 is 0. The number of nitrogens with one attached hydrogen (secondary N) is 1. The maximum absolute atomic E-state index is 12.2. The molecule has 0 saturated carbocycles. The highest BCUT2D eigenvalue weighted by molar-refractivity contribution is 7.89. The van der Waals surface area contributed by atoms with Gasteiger partial charge in [0.25, 0.3) is 0 Å². The van der Waals surface area contributed by atoms with Crippen LogP contribution in [0.4, 0.5) is 5.69 Å². The first kappa shape index (κ1) is 17.1. The Kier molecular flexibility index (Phi) is 5.02. The molecule has 1 fully saturated rings. The molecule has 9 nitrogen and oxygen atoms in total. The van der Waals surface area contributed by atoms with Crippen molar-refractivity contribution in [2.24, 2.45) is 0 Å². The third-order valence-electron chi connectivity index (χ3n) is 3.35. The summed E-state index contributed by atoms with van der Waals surface area (Å²) in [5, 5.41) is 38.1. The molecule has 10 heteroatoms.